The molecule has 2 aromatic heterocycles. The van der Waals surface area contributed by atoms with Crippen molar-refractivity contribution in [2.75, 3.05) is 36.4 Å². The van der Waals surface area contributed by atoms with Crippen LogP contribution >= 0.6 is 8.38 Å². The summed E-state index contributed by atoms with van der Waals surface area (Å²) in [6.07, 6.45) is 3.29. The summed E-state index contributed by atoms with van der Waals surface area (Å²) in [5, 5.41) is 6.48. The minimum atomic E-state index is -1.42. The van der Waals surface area contributed by atoms with Gasteiger partial charge >= 0.3 is 5.97 Å². The molecule has 2 aromatic carbocycles. The molecule has 192 valence electrons. The molecule has 0 aliphatic rings. The number of anilines is 4. The number of hydrazine groups is 1. The van der Waals surface area contributed by atoms with E-state index in [1.165, 1.54) is 18.3 Å². The summed E-state index contributed by atoms with van der Waals surface area (Å²) in [6.45, 7) is 2.24. The van der Waals surface area contributed by atoms with E-state index in [-0.39, 0.29) is 12.4 Å². The van der Waals surface area contributed by atoms with E-state index in [4.69, 9.17) is 25.4 Å². The number of ether oxygens (including phenoxy) is 1. The lowest BCUT2D eigenvalue weighted by Crippen LogP contribution is -2.32. The highest BCUT2D eigenvalue weighted by atomic mass is 31.2. The van der Waals surface area contributed by atoms with Crippen LogP contribution in [0.2, 0.25) is 0 Å². The van der Waals surface area contributed by atoms with E-state index < -0.39 is 14.3 Å². The van der Waals surface area contributed by atoms with Crippen molar-refractivity contribution in [1.29, 1.82) is 0 Å². The summed E-state index contributed by atoms with van der Waals surface area (Å²) in [5.74, 6) is 6.93. The topological polar surface area (TPSA) is 151 Å². The van der Waals surface area contributed by atoms with Crippen LogP contribution in [0.4, 0.5) is 23.1 Å². The molecule has 0 amide bonds. The minimum absolute atomic E-state index is 0.178. The Morgan fingerprint density at radius 2 is 1.95 bits per heavy atom. The molecule has 5 N–H and O–H groups in total. The van der Waals surface area contributed by atoms with Gasteiger partial charge in [0.2, 0.25) is 8.38 Å². The van der Waals surface area contributed by atoms with Gasteiger partial charge in [0.05, 0.1) is 24.9 Å². The lowest BCUT2D eigenvalue weighted by atomic mass is 10.1. The molecule has 12 heteroatoms. The van der Waals surface area contributed by atoms with Crippen LogP contribution in [0.3, 0.4) is 0 Å². The van der Waals surface area contributed by atoms with Crippen molar-refractivity contribution in [2.45, 2.75) is 13.5 Å². The van der Waals surface area contributed by atoms with E-state index in [0.29, 0.717) is 24.8 Å². The number of fused-ring (bicyclic) bond motifs is 1. The zero-order valence-corrected chi connectivity index (χ0v) is 21.4. The number of carbonyl (C=O) groups excluding carboxylic acids is 1. The summed E-state index contributed by atoms with van der Waals surface area (Å²) in [5.41, 5.74) is 8.73. The number of nitrogen functional groups attached to an aromatic ring is 1. The summed E-state index contributed by atoms with van der Waals surface area (Å²) in [6, 6.07) is 17.2. The number of pyridine rings is 1. The maximum absolute atomic E-state index is 11.6. The predicted molar refractivity (Wildman–Crippen MR) is 144 cm³/mol. The van der Waals surface area contributed by atoms with Gasteiger partial charge in [-0.05, 0) is 55.0 Å². The number of nitrogens with one attached hydrogen (secondary N) is 1. The van der Waals surface area contributed by atoms with E-state index in [1.54, 1.807) is 13.1 Å². The standard InChI is InChI=1S/C25H28N7O4P/c1-3-35-23(33)16-36-37(34-2)20-9-7-19(8-10-20)30-22-14-29-24(26)25(31-22)32(27)15-17-6-11-21-18(13-17)5-4-12-28-21/h4-14H,3,15-16,27H2,1-2H3,(H2,26,29)(H,30,31). The lowest BCUT2D eigenvalue weighted by Gasteiger charge is -2.20. The number of benzene rings is 2. The number of hydrogen-bond acceptors (Lipinski definition) is 11. The zero-order valence-electron chi connectivity index (χ0n) is 20.5. The summed E-state index contributed by atoms with van der Waals surface area (Å²) >= 11 is 0. The van der Waals surface area contributed by atoms with Crippen molar-refractivity contribution in [2.24, 2.45) is 5.84 Å². The Morgan fingerprint density at radius 3 is 2.70 bits per heavy atom. The van der Waals surface area contributed by atoms with Crippen molar-refractivity contribution < 1.29 is 18.6 Å². The molecule has 0 aliphatic carbocycles. The first-order valence-electron chi connectivity index (χ1n) is 11.4. The van der Waals surface area contributed by atoms with E-state index in [9.17, 15) is 4.79 Å². The van der Waals surface area contributed by atoms with Gasteiger partial charge in [-0.3, -0.25) is 9.99 Å². The minimum Gasteiger partial charge on any atom is -0.464 e. The van der Waals surface area contributed by atoms with Gasteiger partial charge in [-0.1, -0.05) is 12.1 Å². The van der Waals surface area contributed by atoms with Crippen LogP contribution in [0.25, 0.3) is 10.9 Å². The van der Waals surface area contributed by atoms with Crippen molar-refractivity contribution in [3.63, 3.8) is 0 Å². The van der Waals surface area contributed by atoms with Crippen LogP contribution in [0.5, 0.6) is 0 Å². The molecule has 1 unspecified atom stereocenters. The fourth-order valence-corrected chi connectivity index (χ4v) is 4.60. The summed E-state index contributed by atoms with van der Waals surface area (Å²) in [7, 11) is 0.107. The third kappa shape index (κ3) is 6.87. The van der Waals surface area contributed by atoms with E-state index in [0.717, 1.165) is 27.5 Å². The molecule has 0 spiro atoms. The Morgan fingerprint density at radius 1 is 1.14 bits per heavy atom. The molecular weight excluding hydrogens is 493 g/mol. The van der Waals surface area contributed by atoms with Gasteiger partial charge in [-0.25, -0.2) is 20.6 Å². The molecule has 0 bridgehead atoms. The van der Waals surface area contributed by atoms with E-state index >= 15 is 0 Å². The zero-order chi connectivity index (χ0) is 26.2. The molecule has 0 fully saturated rings. The molecule has 0 aliphatic heterocycles. The number of nitrogens with two attached hydrogens (primary N) is 2. The number of hydrogen-bond donors (Lipinski definition) is 3. The Labute approximate surface area is 215 Å². The maximum atomic E-state index is 11.6. The maximum Gasteiger partial charge on any atom is 0.332 e. The average Bonchev–Trinajstić information content (AvgIpc) is 2.91. The van der Waals surface area contributed by atoms with Gasteiger partial charge in [0.25, 0.3) is 0 Å². The third-order valence-electron chi connectivity index (χ3n) is 5.20. The molecule has 2 heterocycles. The van der Waals surface area contributed by atoms with Crippen LogP contribution in [0, 0.1) is 0 Å². The smallest absolute Gasteiger partial charge is 0.332 e. The monoisotopic (exact) mass is 521 g/mol. The fourth-order valence-electron chi connectivity index (χ4n) is 3.52. The molecule has 0 radical (unpaired) electrons. The van der Waals surface area contributed by atoms with Crippen LogP contribution in [-0.2, 0) is 25.1 Å². The molecular formula is C25H28N7O4P. The third-order valence-corrected chi connectivity index (χ3v) is 6.61. The summed E-state index contributed by atoms with van der Waals surface area (Å²) < 4.78 is 15.9. The molecule has 11 nitrogen and oxygen atoms in total. The van der Waals surface area contributed by atoms with E-state index in [2.05, 4.69) is 20.3 Å². The molecule has 4 rings (SSSR count). The van der Waals surface area contributed by atoms with Gasteiger partial charge in [0.15, 0.2) is 24.1 Å². The fraction of sp³-hybridized carbons (Fsp3) is 0.200. The predicted octanol–water partition coefficient (Wildman–Crippen LogP) is 3.39. The Balaban J connectivity index is 1.42. The Hall–Kier alpha value is -3.89. The van der Waals surface area contributed by atoms with Crippen molar-refractivity contribution in [1.82, 2.24) is 15.0 Å². The second-order valence-corrected chi connectivity index (χ2v) is 9.47. The van der Waals surface area contributed by atoms with Gasteiger partial charge in [0, 0.05) is 29.7 Å². The first-order valence-corrected chi connectivity index (χ1v) is 12.6. The lowest BCUT2D eigenvalue weighted by molar-refractivity contribution is -0.145. The van der Waals surface area contributed by atoms with Crippen molar-refractivity contribution in [3.8, 4) is 0 Å². The highest BCUT2D eigenvalue weighted by molar-refractivity contribution is 7.56. The number of nitrogens with zero attached hydrogens (tertiary/aromatic N) is 4. The molecule has 1 atom stereocenters. The second-order valence-electron chi connectivity index (χ2n) is 7.81. The van der Waals surface area contributed by atoms with Crippen LogP contribution in [0.15, 0.2) is 67.0 Å². The van der Waals surface area contributed by atoms with Crippen molar-refractivity contribution in [3.05, 3.63) is 72.6 Å². The first kappa shape index (κ1) is 26.2. The normalized spacial score (nSPS) is 11.8. The SMILES string of the molecule is CCOC(=O)COP(OC)c1ccc(Nc2cnc(N)c(N(N)Cc3ccc4ncccc4c3)n2)cc1. The van der Waals surface area contributed by atoms with Gasteiger partial charge in [-0.15, -0.1) is 0 Å². The highest BCUT2D eigenvalue weighted by Crippen LogP contribution is 2.36. The van der Waals surface area contributed by atoms with Gasteiger partial charge in [0.1, 0.15) is 0 Å². The molecule has 37 heavy (non-hydrogen) atoms. The van der Waals surface area contributed by atoms with Crippen LogP contribution in [-0.4, -0.2) is 41.2 Å². The molecule has 0 saturated carbocycles. The molecule has 0 saturated heterocycles. The average molecular weight is 522 g/mol. The Bertz CT molecular complexity index is 1360. The molecule has 4 aromatic rings. The highest BCUT2D eigenvalue weighted by Gasteiger charge is 2.16. The Kier molecular flexibility index (Phi) is 8.76. The summed E-state index contributed by atoms with van der Waals surface area (Å²) in [4.78, 5) is 24.7. The van der Waals surface area contributed by atoms with Crippen LogP contribution < -0.4 is 27.2 Å². The number of carbonyl (C=O) groups is 1. The number of esters is 1. The van der Waals surface area contributed by atoms with Crippen molar-refractivity contribution >= 4 is 53.7 Å². The van der Waals surface area contributed by atoms with E-state index in [1.807, 2.05) is 54.6 Å². The largest absolute Gasteiger partial charge is 0.464 e. The van der Waals surface area contributed by atoms with Gasteiger partial charge < -0.3 is 24.8 Å². The number of rotatable bonds is 11. The second kappa shape index (κ2) is 12.4. The first-order chi connectivity index (χ1) is 18.0. The number of aromatic nitrogens is 3. The quantitative estimate of drug-likeness (QED) is 0.115. The van der Waals surface area contributed by atoms with Gasteiger partial charge in [-0.2, -0.15) is 0 Å². The van der Waals surface area contributed by atoms with Crippen LogP contribution in [0.1, 0.15) is 12.5 Å².